The summed E-state index contributed by atoms with van der Waals surface area (Å²) in [7, 11) is 1.49. The predicted octanol–water partition coefficient (Wildman–Crippen LogP) is 5.58. The van der Waals surface area contributed by atoms with Gasteiger partial charge in [0.1, 0.15) is 11.7 Å². The van der Waals surface area contributed by atoms with Crippen LogP contribution in [0.15, 0.2) is 77.3 Å². The van der Waals surface area contributed by atoms with Crippen molar-refractivity contribution in [3.63, 3.8) is 0 Å². The van der Waals surface area contributed by atoms with Gasteiger partial charge in [-0.3, -0.25) is 9.59 Å². The topological polar surface area (TPSA) is 88.5 Å². The van der Waals surface area contributed by atoms with E-state index in [0.717, 1.165) is 15.6 Å². The average Bonchev–Trinajstić information content (AvgIpc) is 2.84. The van der Waals surface area contributed by atoms with Crippen molar-refractivity contribution in [2.24, 2.45) is 0 Å². The Morgan fingerprint density at radius 3 is 2.47 bits per heavy atom. The Labute approximate surface area is 205 Å². The van der Waals surface area contributed by atoms with Crippen LogP contribution in [0.2, 0.25) is 0 Å². The summed E-state index contributed by atoms with van der Waals surface area (Å²) in [5.74, 6) is -1.91. The highest BCUT2D eigenvalue weighted by molar-refractivity contribution is 9.10. The summed E-state index contributed by atoms with van der Waals surface area (Å²) in [5.41, 5.74) is 3.98. The summed E-state index contributed by atoms with van der Waals surface area (Å²) in [6.07, 6.45) is 0. The van der Waals surface area contributed by atoms with Crippen molar-refractivity contribution in [1.29, 1.82) is 0 Å². The average molecular weight is 519 g/mol. The summed E-state index contributed by atoms with van der Waals surface area (Å²) in [5, 5.41) is 13.4. The molecule has 0 saturated carbocycles. The van der Waals surface area contributed by atoms with E-state index < -0.39 is 11.9 Å². The molecular weight excluding hydrogens is 496 g/mol. The van der Waals surface area contributed by atoms with Crippen molar-refractivity contribution >= 4 is 38.7 Å². The Kier molecular flexibility index (Phi) is 6.93. The number of rotatable bonds is 7. The lowest BCUT2D eigenvalue weighted by Gasteiger charge is -2.18. The molecular formula is C27H23BrN2O4. The van der Waals surface area contributed by atoms with Crippen molar-refractivity contribution in [2.75, 3.05) is 13.7 Å². The molecule has 172 valence electrons. The number of carbonyl (C=O) groups is 2. The summed E-state index contributed by atoms with van der Waals surface area (Å²) in [6, 6.07) is 22.2. The van der Waals surface area contributed by atoms with Crippen LogP contribution >= 0.6 is 15.9 Å². The standard InChI is InChI=1S/C27H23BrN2O4/c1-16-24(26(31)29-15-21(27(32)33)19-10-6-7-11-23(19)34-2)20-14-18(28)12-13-22(20)30-25(16)17-8-4-3-5-9-17/h3-14,21H,15H2,1-2H3,(H,29,31)(H,32,33). The minimum absolute atomic E-state index is 0.0908. The molecule has 0 aliphatic carbocycles. The molecule has 0 saturated heterocycles. The van der Waals surface area contributed by atoms with Crippen LogP contribution in [-0.2, 0) is 4.79 Å². The second kappa shape index (κ2) is 10.1. The highest BCUT2D eigenvalue weighted by Crippen LogP contribution is 2.32. The summed E-state index contributed by atoms with van der Waals surface area (Å²) < 4.78 is 6.15. The third-order valence-electron chi connectivity index (χ3n) is 5.74. The molecule has 2 N–H and O–H groups in total. The number of hydrogen-bond acceptors (Lipinski definition) is 4. The molecule has 1 atom stereocenters. The van der Waals surface area contributed by atoms with Crippen LogP contribution in [0.25, 0.3) is 22.2 Å². The van der Waals surface area contributed by atoms with Gasteiger partial charge in [0.2, 0.25) is 0 Å². The van der Waals surface area contributed by atoms with Crippen LogP contribution in [-0.4, -0.2) is 35.6 Å². The fraction of sp³-hybridized carbons (Fsp3) is 0.148. The molecule has 4 aromatic rings. The van der Waals surface area contributed by atoms with Gasteiger partial charge in [-0.05, 0) is 36.8 Å². The number of fused-ring (bicyclic) bond motifs is 1. The van der Waals surface area contributed by atoms with Crippen molar-refractivity contribution in [3.05, 3.63) is 94.0 Å². The molecule has 0 radical (unpaired) electrons. The maximum absolute atomic E-state index is 13.5. The molecule has 1 amide bonds. The van der Waals surface area contributed by atoms with Crippen molar-refractivity contribution in [2.45, 2.75) is 12.8 Å². The number of benzene rings is 3. The van der Waals surface area contributed by atoms with Crippen molar-refractivity contribution in [1.82, 2.24) is 10.3 Å². The first kappa shape index (κ1) is 23.4. The second-order valence-corrected chi connectivity index (χ2v) is 8.75. The zero-order chi connectivity index (χ0) is 24.2. The Hall–Kier alpha value is -3.71. The van der Waals surface area contributed by atoms with Gasteiger partial charge in [0.05, 0.1) is 23.9 Å². The van der Waals surface area contributed by atoms with Crippen LogP contribution in [0, 0.1) is 6.92 Å². The number of amides is 1. The van der Waals surface area contributed by atoms with Gasteiger partial charge in [-0.1, -0.05) is 64.5 Å². The minimum Gasteiger partial charge on any atom is -0.496 e. The number of carboxylic acids is 1. The zero-order valence-corrected chi connectivity index (χ0v) is 20.3. The molecule has 1 aromatic heterocycles. The van der Waals surface area contributed by atoms with E-state index in [4.69, 9.17) is 9.72 Å². The highest BCUT2D eigenvalue weighted by Gasteiger charge is 2.26. The van der Waals surface area contributed by atoms with E-state index in [1.54, 1.807) is 24.3 Å². The van der Waals surface area contributed by atoms with E-state index >= 15 is 0 Å². The number of nitrogens with one attached hydrogen (secondary N) is 1. The summed E-state index contributed by atoms with van der Waals surface area (Å²) >= 11 is 3.48. The summed E-state index contributed by atoms with van der Waals surface area (Å²) in [4.78, 5) is 30.4. The molecule has 6 nitrogen and oxygen atoms in total. The molecule has 1 unspecified atom stereocenters. The molecule has 34 heavy (non-hydrogen) atoms. The Bertz CT molecular complexity index is 1370. The number of methoxy groups -OCH3 is 1. The molecule has 1 heterocycles. The first-order valence-corrected chi connectivity index (χ1v) is 11.5. The van der Waals surface area contributed by atoms with Crippen LogP contribution in [0.3, 0.4) is 0 Å². The number of aliphatic carboxylic acids is 1. The number of carboxylic acid groups (broad SMARTS) is 1. The van der Waals surface area contributed by atoms with Crippen molar-refractivity contribution < 1.29 is 19.4 Å². The fourth-order valence-corrected chi connectivity index (χ4v) is 4.43. The van der Waals surface area contributed by atoms with E-state index in [1.165, 1.54) is 7.11 Å². The van der Waals surface area contributed by atoms with Crippen LogP contribution < -0.4 is 10.1 Å². The number of ether oxygens (including phenoxy) is 1. The fourth-order valence-electron chi connectivity index (χ4n) is 4.07. The van der Waals surface area contributed by atoms with Gasteiger partial charge in [-0.2, -0.15) is 0 Å². The number of carbonyl (C=O) groups excluding carboxylic acids is 1. The minimum atomic E-state index is -1.05. The normalized spacial score (nSPS) is 11.7. The second-order valence-electron chi connectivity index (χ2n) is 7.83. The van der Waals surface area contributed by atoms with E-state index in [9.17, 15) is 14.7 Å². The van der Waals surface area contributed by atoms with Crippen LogP contribution in [0.1, 0.15) is 27.4 Å². The van der Waals surface area contributed by atoms with Gasteiger partial charge in [0, 0.05) is 27.5 Å². The van der Waals surface area contributed by atoms with Gasteiger partial charge in [-0.25, -0.2) is 4.98 Å². The van der Waals surface area contributed by atoms with Gasteiger partial charge in [0.25, 0.3) is 5.91 Å². The molecule has 0 bridgehead atoms. The Morgan fingerprint density at radius 1 is 1.06 bits per heavy atom. The third kappa shape index (κ3) is 4.65. The lowest BCUT2D eigenvalue weighted by molar-refractivity contribution is -0.138. The number of aromatic nitrogens is 1. The van der Waals surface area contributed by atoms with Gasteiger partial charge in [0.15, 0.2) is 0 Å². The number of pyridine rings is 1. The predicted molar refractivity (Wildman–Crippen MR) is 135 cm³/mol. The molecule has 0 aliphatic heterocycles. The van der Waals surface area contributed by atoms with E-state index in [-0.39, 0.29) is 12.5 Å². The first-order chi connectivity index (χ1) is 16.4. The van der Waals surface area contributed by atoms with Gasteiger partial charge < -0.3 is 15.2 Å². The first-order valence-electron chi connectivity index (χ1n) is 10.7. The third-order valence-corrected chi connectivity index (χ3v) is 6.24. The molecule has 0 aliphatic rings. The molecule has 0 spiro atoms. The lowest BCUT2D eigenvalue weighted by atomic mass is 9.96. The van der Waals surface area contributed by atoms with Crippen LogP contribution in [0.5, 0.6) is 5.75 Å². The number of nitrogens with zero attached hydrogens (tertiary/aromatic N) is 1. The Morgan fingerprint density at radius 2 is 1.76 bits per heavy atom. The molecule has 7 heteroatoms. The van der Waals surface area contributed by atoms with Crippen LogP contribution in [0.4, 0.5) is 0 Å². The zero-order valence-electron chi connectivity index (χ0n) is 18.7. The molecule has 3 aromatic carbocycles. The largest absolute Gasteiger partial charge is 0.496 e. The van der Waals surface area contributed by atoms with E-state index in [0.29, 0.717) is 33.5 Å². The smallest absolute Gasteiger partial charge is 0.312 e. The monoisotopic (exact) mass is 518 g/mol. The molecule has 4 rings (SSSR count). The summed E-state index contributed by atoms with van der Waals surface area (Å²) in [6.45, 7) is 1.77. The number of para-hydroxylation sites is 1. The maximum atomic E-state index is 13.5. The lowest BCUT2D eigenvalue weighted by Crippen LogP contribution is -2.32. The number of hydrogen-bond donors (Lipinski definition) is 2. The maximum Gasteiger partial charge on any atom is 0.312 e. The SMILES string of the molecule is COc1ccccc1C(CNC(=O)c1c(C)c(-c2ccccc2)nc2ccc(Br)cc12)C(=O)O. The van der Waals surface area contributed by atoms with Crippen molar-refractivity contribution in [3.8, 4) is 17.0 Å². The number of halogens is 1. The van der Waals surface area contributed by atoms with E-state index in [1.807, 2.05) is 55.5 Å². The quantitative estimate of drug-likeness (QED) is 0.333. The Balaban J connectivity index is 1.75. The highest BCUT2D eigenvalue weighted by atomic mass is 79.9. The van der Waals surface area contributed by atoms with Gasteiger partial charge >= 0.3 is 5.97 Å². The van der Waals surface area contributed by atoms with Gasteiger partial charge in [-0.15, -0.1) is 0 Å². The molecule has 0 fully saturated rings. The van der Waals surface area contributed by atoms with E-state index in [2.05, 4.69) is 21.2 Å².